The number of aromatic nitrogens is 2. The number of nitrogens with two attached hydrogens (primary N) is 1. The molecule has 1 aromatic carbocycles. The predicted octanol–water partition coefficient (Wildman–Crippen LogP) is 2.18. The second-order valence-corrected chi connectivity index (χ2v) is 5.38. The lowest BCUT2D eigenvalue weighted by atomic mass is 10.2. The minimum absolute atomic E-state index is 0.145. The molecule has 2 rings (SSSR count). The zero-order valence-electron chi connectivity index (χ0n) is 10.8. The Morgan fingerprint density at radius 2 is 2.24 bits per heavy atom. The number of rotatable bonds is 3. The Morgan fingerprint density at radius 3 is 2.86 bits per heavy atom. The first-order chi connectivity index (χ1) is 9.93. The summed E-state index contributed by atoms with van der Waals surface area (Å²) in [5, 5.41) is 18.8. The first kappa shape index (κ1) is 15.3. The molecule has 0 aliphatic heterocycles. The average Bonchev–Trinajstić information content (AvgIpc) is 2.79. The lowest BCUT2D eigenvalue weighted by Crippen LogP contribution is -2.20. The van der Waals surface area contributed by atoms with Crippen LogP contribution in [0.2, 0.25) is 5.02 Å². The van der Waals surface area contributed by atoms with E-state index in [1.54, 1.807) is 25.2 Å². The normalized spacial score (nSPS) is 11.5. The van der Waals surface area contributed by atoms with E-state index in [1.807, 2.05) is 0 Å². The molecule has 0 saturated heterocycles. The molecule has 0 bridgehead atoms. The van der Waals surface area contributed by atoms with Crippen molar-refractivity contribution in [2.24, 2.45) is 17.9 Å². The van der Waals surface area contributed by atoms with Crippen LogP contribution in [0, 0.1) is 0 Å². The van der Waals surface area contributed by atoms with Crippen LogP contribution in [0.15, 0.2) is 34.0 Å². The van der Waals surface area contributed by atoms with E-state index < -0.39 is 0 Å². The smallest absolute Gasteiger partial charge is 0.257 e. The predicted molar refractivity (Wildman–Crippen MR) is 82.8 cm³/mol. The Kier molecular flexibility index (Phi) is 4.49. The van der Waals surface area contributed by atoms with Crippen molar-refractivity contribution < 1.29 is 10.0 Å². The van der Waals surface area contributed by atoms with Crippen LogP contribution in [-0.4, -0.2) is 26.7 Å². The first-order valence-corrected chi connectivity index (χ1v) is 6.87. The molecule has 2 aromatic rings. The molecule has 0 saturated carbocycles. The van der Waals surface area contributed by atoms with E-state index in [0.717, 1.165) is 0 Å². The number of aryl methyl sites for hydroxylation is 1. The van der Waals surface area contributed by atoms with E-state index in [0.29, 0.717) is 26.4 Å². The van der Waals surface area contributed by atoms with Gasteiger partial charge in [-0.05, 0) is 34.1 Å². The summed E-state index contributed by atoms with van der Waals surface area (Å²) in [6.07, 6.45) is 1.39. The van der Waals surface area contributed by atoms with Gasteiger partial charge in [0.1, 0.15) is 5.82 Å². The standard InChI is InChI=1S/C12H11BrClN5O2/c1-19-11(8(5-16-19)10(15)18-21)17-12(20)7-3-2-6(14)4-9(7)13/h2-5,21H,1H3,(H2,15,18)(H,17,20). The van der Waals surface area contributed by atoms with Gasteiger partial charge in [-0.1, -0.05) is 16.8 Å². The third kappa shape index (κ3) is 3.17. The van der Waals surface area contributed by atoms with Crippen molar-refractivity contribution in [2.75, 3.05) is 5.32 Å². The van der Waals surface area contributed by atoms with E-state index in [2.05, 4.69) is 31.5 Å². The molecule has 0 spiro atoms. The summed E-state index contributed by atoms with van der Waals surface area (Å²) in [5.74, 6) is -0.208. The molecule has 0 unspecified atom stereocenters. The Bertz CT molecular complexity index is 728. The molecule has 0 radical (unpaired) electrons. The molecular weight excluding hydrogens is 362 g/mol. The minimum Gasteiger partial charge on any atom is -0.409 e. The number of amides is 1. The highest BCUT2D eigenvalue weighted by molar-refractivity contribution is 9.10. The fraction of sp³-hybridized carbons (Fsp3) is 0.0833. The lowest BCUT2D eigenvalue weighted by molar-refractivity contribution is 0.102. The van der Waals surface area contributed by atoms with Gasteiger partial charge in [-0.25, -0.2) is 0 Å². The summed E-state index contributed by atoms with van der Waals surface area (Å²) >= 11 is 9.11. The zero-order valence-corrected chi connectivity index (χ0v) is 13.2. The summed E-state index contributed by atoms with van der Waals surface area (Å²) < 4.78 is 1.97. The van der Waals surface area contributed by atoms with Crippen LogP contribution in [0.5, 0.6) is 0 Å². The monoisotopic (exact) mass is 371 g/mol. The van der Waals surface area contributed by atoms with E-state index >= 15 is 0 Å². The number of oxime groups is 1. The fourth-order valence-corrected chi connectivity index (χ4v) is 2.54. The summed E-state index contributed by atoms with van der Waals surface area (Å²) in [6, 6.07) is 4.81. The highest BCUT2D eigenvalue weighted by Gasteiger charge is 2.17. The van der Waals surface area contributed by atoms with Gasteiger partial charge in [0.25, 0.3) is 5.91 Å². The molecule has 0 atom stereocenters. The first-order valence-electron chi connectivity index (χ1n) is 5.70. The van der Waals surface area contributed by atoms with Gasteiger partial charge >= 0.3 is 0 Å². The second kappa shape index (κ2) is 6.15. The molecule has 0 aliphatic carbocycles. The Labute approximate surface area is 133 Å². The van der Waals surface area contributed by atoms with Crippen LogP contribution in [0.25, 0.3) is 0 Å². The molecular formula is C12H11BrClN5O2. The van der Waals surface area contributed by atoms with Gasteiger partial charge in [0.15, 0.2) is 5.84 Å². The highest BCUT2D eigenvalue weighted by atomic mass is 79.9. The fourth-order valence-electron chi connectivity index (χ4n) is 1.68. The summed E-state index contributed by atoms with van der Waals surface area (Å²) in [4.78, 5) is 12.3. The Balaban J connectivity index is 2.34. The van der Waals surface area contributed by atoms with Crippen molar-refractivity contribution in [1.29, 1.82) is 0 Å². The highest BCUT2D eigenvalue weighted by Crippen LogP contribution is 2.23. The lowest BCUT2D eigenvalue weighted by Gasteiger charge is -2.09. The SMILES string of the molecule is Cn1ncc(/C(N)=N/O)c1NC(=O)c1ccc(Cl)cc1Br. The number of nitrogens with one attached hydrogen (secondary N) is 1. The quantitative estimate of drug-likeness (QED) is 0.332. The maximum absolute atomic E-state index is 12.3. The number of carbonyl (C=O) groups excluding carboxylic acids is 1. The average molecular weight is 373 g/mol. The number of nitrogens with zero attached hydrogens (tertiary/aromatic N) is 3. The van der Waals surface area contributed by atoms with E-state index in [-0.39, 0.29) is 11.7 Å². The molecule has 1 heterocycles. The summed E-state index contributed by atoms with van der Waals surface area (Å²) in [5.41, 5.74) is 6.25. The number of halogens is 2. The number of anilines is 1. The number of hydrogen-bond donors (Lipinski definition) is 3. The van der Waals surface area contributed by atoms with Crippen LogP contribution < -0.4 is 11.1 Å². The van der Waals surface area contributed by atoms with Crippen molar-refractivity contribution in [3.8, 4) is 0 Å². The number of benzene rings is 1. The molecule has 4 N–H and O–H groups in total. The third-order valence-corrected chi connectivity index (χ3v) is 3.62. The molecule has 0 aliphatic rings. The summed E-state index contributed by atoms with van der Waals surface area (Å²) in [7, 11) is 1.63. The van der Waals surface area contributed by atoms with E-state index in [1.165, 1.54) is 10.9 Å². The molecule has 1 aromatic heterocycles. The largest absolute Gasteiger partial charge is 0.409 e. The molecule has 7 nitrogen and oxygen atoms in total. The van der Waals surface area contributed by atoms with Crippen molar-refractivity contribution in [3.05, 3.63) is 45.0 Å². The molecule has 110 valence electrons. The van der Waals surface area contributed by atoms with Crippen molar-refractivity contribution in [1.82, 2.24) is 9.78 Å². The molecule has 21 heavy (non-hydrogen) atoms. The van der Waals surface area contributed by atoms with Gasteiger partial charge in [0.2, 0.25) is 0 Å². The Hall–Kier alpha value is -2.06. The molecule has 9 heteroatoms. The van der Waals surface area contributed by atoms with Gasteiger partial charge in [0, 0.05) is 16.5 Å². The number of carbonyl (C=O) groups is 1. The molecule has 1 amide bonds. The minimum atomic E-state index is -0.380. The number of hydrogen-bond acceptors (Lipinski definition) is 4. The van der Waals surface area contributed by atoms with Crippen molar-refractivity contribution in [2.45, 2.75) is 0 Å². The third-order valence-electron chi connectivity index (χ3n) is 2.73. The topological polar surface area (TPSA) is 106 Å². The maximum atomic E-state index is 12.3. The van der Waals surface area contributed by atoms with E-state index in [9.17, 15) is 4.79 Å². The maximum Gasteiger partial charge on any atom is 0.257 e. The van der Waals surface area contributed by atoms with E-state index in [4.69, 9.17) is 22.5 Å². The van der Waals surface area contributed by atoms with Crippen molar-refractivity contribution >= 4 is 45.1 Å². The van der Waals surface area contributed by atoms with Gasteiger partial charge < -0.3 is 16.3 Å². The van der Waals surface area contributed by atoms with Gasteiger partial charge in [0.05, 0.1) is 17.3 Å². The Morgan fingerprint density at radius 1 is 1.52 bits per heavy atom. The summed E-state index contributed by atoms with van der Waals surface area (Å²) in [6.45, 7) is 0. The van der Waals surface area contributed by atoms with Gasteiger partial charge in [-0.2, -0.15) is 5.10 Å². The number of amidine groups is 1. The van der Waals surface area contributed by atoms with Crippen LogP contribution in [0.1, 0.15) is 15.9 Å². The van der Waals surface area contributed by atoms with Crippen LogP contribution in [0.4, 0.5) is 5.82 Å². The molecule has 0 fully saturated rings. The van der Waals surface area contributed by atoms with Crippen molar-refractivity contribution in [3.63, 3.8) is 0 Å². The van der Waals surface area contributed by atoms with Gasteiger partial charge in [-0.15, -0.1) is 0 Å². The second-order valence-electron chi connectivity index (χ2n) is 4.09. The van der Waals surface area contributed by atoms with Gasteiger partial charge in [-0.3, -0.25) is 9.48 Å². The van der Waals surface area contributed by atoms with Crippen LogP contribution >= 0.6 is 27.5 Å². The van der Waals surface area contributed by atoms with Crippen LogP contribution in [-0.2, 0) is 7.05 Å². The van der Waals surface area contributed by atoms with Crippen LogP contribution in [0.3, 0.4) is 0 Å². The zero-order chi connectivity index (χ0) is 15.6.